The molecule has 0 bridgehead atoms. The van der Waals surface area contributed by atoms with Crippen LogP contribution in [0.3, 0.4) is 0 Å². The number of hydrazone groups is 1. The number of benzene rings is 2. The van der Waals surface area contributed by atoms with Gasteiger partial charge in [-0.05, 0) is 30.0 Å². The molecule has 1 amide bonds. The smallest absolute Gasteiger partial charge is 0.243 e. The number of aromatic nitrogens is 1. The van der Waals surface area contributed by atoms with E-state index in [0.29, 0.717) is 16.6 Å². The fraction of sp³-hybridized carbons (Fsp3) is 0.150. The molecule has 4 rings (SSSR count). The van der Waals surface area contributed by atoms with Crippen LogP contribution in [-0.2, 0) is 4.79 Å². The van der Waals surface area contributed by atoms with Gasteiger partial charge in [0.1, 0.15) is 5.15 Å². The molecule has 1 saturated carbocycles. The average molecular weight is 350 g/mol. The summed E-state index contributed by atoms with van der Waals surface area (Å²) in [6, 6.07) is 19.7. The lowest BCUT2D eigenvalue weighted by Crippen LogP contribution is -2.20. The summed E-state index contributed by atoms with van der Waals surface area (Å²) in [7, 11) is 0. The number of rotatable bonds is 4. The highest BCUT2D eigenvalue weighted by molar-refractivity contribution is 6.32. The summed E-state index contributed by atoms with van der Waals surface area (Å²) in [6.45, 7) is 0. The number of para-hydroxylation sites is 1. The number of carbonyl (C=O) groups excluding carboxylic acids is 1. The fourth-order valence-electron chi connectivity index (χ4n) is 3.00. The van der Waals surface area contributed by atoms with E-state index in [1.54, 1.807) is 6.21 Å². The van der Waals surface area contributed by atoms with E-state index in [1.807, 2.05) is 48.5 Å². The first-order chi connectivity index (χ1) is 12.2. The first-order valence-electron chi connectivity index (χ1n) is 8.15. The van der Waals surface area contributed by atoms with E-state index in [-0.39, 0.29) is 11.8 Å². The maximum atomic E-state index is 12.2. The monoisotopic (exact) mass is 349 g/mol. The third kappa shape index (κ3) is 3.39. The quantitative estimate of drug-likeness (QED) is 0.437. The summed E-state index contributed by atoms with van der Waals surface area (Å²) in [5, 5.41) is 5.39. The predicted octanol–water partition coefficient (Wildman–Crippen LogP) is 4.14. The molecule has 25 heavy (non-hydrogen) atoms. The summed E-state index contributed by atoms with van der Waals surface area (Å²) < 4.78 is 0. The number of nitrogens with one attached hydrogen (secondary N) is 1. The molecule has 0 saturated heterocycles. The Bertz CT molecular complexity index is 956. The molecule has 3 aromatic rings. The van der Waals surface area contributed by atoms with Crippen LogP contribution < -0.4 is 5.43 Å². The van der Waals surface area contributed by atoms with Crippen LogP contribution in [0.5, 0.6) is 0 Å². The maximum Gasteiger partial charge on any atom is 0.243 e. The molecule has 4 nitrogen and oxygen atoms in total. The lowest BCUT2D eigenvalue weighted by atomic mass is 10.1. The topological polar surface area (TPSA) is 54.4 Å². The average Bonchev–Trinajstić information content (AvgIpc) is 3.44. The molecule has 1 N–H and O–H groups in total. The zero-order chi connectivity index (χ0) is 17.2. The number of carbonyl (C=O) groups is 1. The van der Waals surface area contributed by atoms with Crippen molar-refractivity contribution >= 4 is 34.6 Å². The van der Waals surface area contributed by atoms with E-state index in [0.717, 1.165) is 17.3 Å². The van der Waals surface area contributed by atoms with Gasteiger partial charge in [0, 0.05) is 16.9 Å². The van der Waals surface area contributed by atoms with Gasteiger partial charge in [0.15, 0.2) is 0 Å². The van der Waals surface area contributed by atoms with Gasteiger partial charge in [0.2, 0.25) is 5.91 Å². The Morgan fingerprint density at radius 2 is 1.92 bits per heavy atom. The summed E-state index contributed by atoms with van der Waals surface area (Å²) >= 11 is 6.18. The van der Waals surface area contributed by atoms with Gasteiger partial charge in [-0.3, -0.25) is 4.79 Å². The molecule has 0 spiro atoms. The number of pyridine rings is 1. The number of hydrogen-bond donors (Lipinski definition) is 1. The molecular weight excluding hydrogens is 334 g/mol. The van der Waals surface area contributed by atoms with Crippen LogP contribution in [0.2, 0.25) is 5.15 Å². The normalized spacial score (nSPS) is 19.2. The van der Waals surface area contributed by atoms with Crippen LogP contribution in [0.1, 0.15) is 23.5 Å². The molecule has 0 aliphatic heterocycles. The highest BCUT2D eigenvalue weighted by Crippen LogP contribution is 2.47. The van der Waals surface area contributed by atoms with Gasteiger partial charge in [0.25, 0.3) is 0 Å². The van der Waals surface area contributed by atoms with E-state index < -0.39 is 0 Å². The molecule has 1 aliphatic carbocycles. The zero-order valence-electron chi connectivity index (χ0n) is 13.4. The highest BCUT2D eigenvalue weighted by Gasteiger charge is 2.43. The van der Waals surface area contributed by atoms with Crippen molar-refractivity contribution in [2.45, 2.75) is 12.3 Å². The molecule has 1 aliphatic rings. The third-order valence-electron chi connectivity index (χ3n) is 4.44. The maximum absolute atomic E-state index is 12.2. The van der Waals surface area contributed by atoms with Crippen LogP contribution in [0, 0.1) is 5.92 Å². The van der Waals surface area contributed by atoms with E-state index in [9.17, 15) is 4.79 Å². The Hall–Kier alpha value is -2.72. The molecule has 1 aromatic heterocycles. The molecule has 0 radical (unpaired) electrons. The van der Waals surface area contributed by atoms with Crippen molar-refractivity contribution in [3.05, 3.63) is 76.9 Å². The highest BCUT2D eigenvalue weighted by atomic mass is 35.5. The van der Waals surface area contributed by atoms with Crippen molar-refractivity contribution in [3.63, 3.8) is 0 Å². The molecular formula is C20H16ClN3O. The molecule has 5 heteroatoms. The standard InChI is InChI=1S/C20H16ClN3O/c21-19-15(10-14-8-4-5-9-18(14)23-19)12-22-24-20(25)17-11-16(17)13-6-2-1-3-7-13/h1-10,12,16-17H,11H2,(H,24,25)/b22-12+/t16-,17+/m0/s1. The molecule has 1 heterocycles. The first kappa shape index (κ1) is 15.8. The van der Waals surface area contributed by atoms with Gasteiger partial charge in [0.05, 0.1) is 11.7 Å². The lowest BCUT2D eigenvalue weighted by molar-refractivity contribution is -0.122. The summed E-state index contributed by atoms with van der Waals surface area (Å²) in [5.74, 6) is 0.224. The van der Waals surface area contributed by atoms with Gasteiger partial charge in [-0.2, -0.15) is 5.10 Å². The molecule has 1 fully saturated rings. The molecule has 124 valence electrons. The van der Waals surface area contributed by atoms with Crippen LogP contribution in [-0.4, -0.2) is 17.1 Å². The SMILES string of the molecule is O=C(N/N=C/c1cc2ccccc2nc1Cl)[C@@H]1C[C@H]1c1ccccc1. The molecule has 2 atom stereocenters. The second-order valence-electron chi connectivity index (χ2n) is 6.15. The van der Waals surface area contributed by atoms with E-state index in [2.05, 4.69) is 27.6 Å². The number of fused-ring (bicyclic) bond motifs is 1. The Morgan fingerprint density at radius 1 is 1.16 bits per heavy atom. The Kier molecular flexibility index (Phi) is 4.20. The summed E-state index contributed by atoms with van der Waals surface area (Å²) in [4.78, 5) is 16.5. The second-order valence-corrected chi connectivity index (χ2v) is 6.51. The van der Waals surface area contributed by atoms with Crippen molar-refractivity contribution in [1.29, 1.82) is 0 Å². The second kappa shape index (κ2) is 6.65. The van der Waals surface area contributed by atoms with Crippen LogP contribution >= 0.6 is 11.6 Å². The Balaban J connectivity index is 1.42. The zero-order valence-corrected chi connectivity index (χ0v) is 14.1. The van der Waals surface area contributed by atoms with Gasteiger partial charge in [-0.15, -0.1) is 0 Å². The van der Waals surface area contributed by atoms with Gasteiger partial charge < -0.3 is 0 Å². The minimum Gasteiger partial charge on any atom is -0.273 e. The minimum absolute atomic E-state index is 0.00949. The van der Waals surface area contributed by atoms with Crippen LogP contribution in [0.15, 0.2) is 65.8 Å². The summed E-state index contributed by atoms with van der Waals surface area (Å²) in [5.41, 5.74) is 5.32. The molecule has 2 aromatic carbocycles. The summed E-state index contributed by atoms with van der Waals surface area (Å²) in [6.07, 6.45) is 2.41. The number of nitrogens with zero attached hydrogens (tertiary/aromatic N) is 2. The predicted molar refractivity (Wildman–Crippen MR) is 99.8 cm³/mol. The Morgan fingerprint density at radius 3 is 2.76 bits per heavy atom. The van der Waals surface area contributed by atoms with Gasteiger partial charge in [-0.25, -0.2) is 10.4 Å². The van der Waals surface area contributed by atoms with Crippen molar-refractivity contribution in [3.8, 4) is 0 Å². The fourth-order valence-corrected chi connectivity index (χ4v) is 3.20. The van der Waals surface area contributed by atoms with Crippen LogP contribution in [0.25, 0.3) is 10.9 Å². The Labute approximate surface area is 150 Å². The van der Waals surface area contributed by atoms with E-state index in [4.69, 9.17) is 11.6 Å². The van der Waals surface area contributed by atoms with Crippen molar-refractivity contribution < 1.29 is 4.79 Å². The third-order valence-corrected chi connectivity index (χ3v) is 4.74. The van der Waals surface area contributed by atoms with E-state index >= 15 is 0 Å². The molecule has 0 unspecified atom stereocenters. The van der Waals surface area contributed by atoms with Crippen molar-refractivity contribution in [1.82, 2.24) is 10.4 Å². The number of hydrogen-bond acceptors (Lipinski definition) is 3. The number of halogens is 1. The number of amides is 1. The van der Waals surface area contributed by atoms with Gasteiger partial charge in [-0.1, -0.05) is 60.1 Å². The lowest BCUT2D eigenvalue weighted by Gasteiger charge is -2.02. The van der Waals surface area contributed by atoms with Gasteiger partial charge >= 0.3 is 0 Å². The minimum atomic E-state index is -0.0602. The van der Waals surface area contributed by atoms with Crippen molar-refractivity contribution in [2.24, 2.45) is 11.0 Å². The largest absolute Gasteiger partial charge is 0.273 e. The first-order valence-corrected chi connectivity index (χ1v) is 8.53. The van der Waals surface area contributed by atoms with Crippen LogP contribution in [0.4, 0.5) is 0 Å². The van der Waals surface area contributed by atoms with E-state index in [1.165, 1.54) is 5.56 Å². The van der Waals surface area contributed by atoms with Crippen molar-refractivity contribution in [2.75, 3.05) is 0 Å².